The molecule has 1 N–H and O–H groups in total. The molecular weight excluding hydrogens is 406 g/mol. The van der Waals surface area contributed by atoms with Crippen LogP contribution in [0, 0.1) is 6.92 Å². The van der Waals surface area contributed by atoms with Gasteiger partial charge < -0.3 is 14.5 Å². The molecule has 3 aromatic rings. The summed E-state index contributed by atoms with van der Waals surface area (Å²) in [4.78, 5) is 42.8. The Labute approximate surface area is 176 Å². The fourth-order valence-electron chi connectivity index (χ4n) is 3.38. The first-order valence-corrected chi connectivity index (χ1v) is 10.4. The Bertz CT molecular complexity index is 1160. The summed E-state index contributed by atoms with van der Waals surface area (Å²) < 4.78 is 10.7. The van der Waals surface area contributed by atoms with E-state index in [1.165, 1.54) is 24.3 Å². The Kier molecular flexibility index (Phi) is 5.65. The smallest absolute Gasteiger partial charge is 0.336 e. The van der Waals surface area contributed by atoms with E-state index in [4.69, 9.17) is 9.15 Å². The number of thiazole rings is 1. The predicted molar refractivity (Wildman–Crippen MR) is 114 cm³/mol. The van der Waals surface area contributed by atoms with Crippen LogP contribution in [0.15, 0.2) is 39.5 Å². The van der Waals surface area contributed by atoms with E-state index in [9.17, 15) is 14.4 Å². The highest BCUT2D eigenvalue weighted by Crippen LogP contribution is 2.29. The van der Waals surface area contributed by atoms with Crippen LogP contribution in [-0.4, -0.2) is 36.1 Å². The maximum absolute atomic E-state index is 12.8. The molecule has 1 atom stereocenters. The minimum absolute atomic E-state index is 0.00645. The Morgan fingerprint density at radius 3 is 2.87 bits per heavy atom. The summed E-state index contributed by atoms with van der Waals surface area (Å²) in [5, 5.41) is 4.03. The maximum Gasteiger partial charge on any atom is 0.336 e. The van der Waals surface area contributed by atoms with E-state index in [0.29, 0.717) is 45.5 Å². The number of anilines is 2. The van der Waals surface area contributed by atoms with E-state index in [1.54, 1.807) is 36.1 Å². The number of nitrogens with one attached hydrogen (secondary N) is 1. The van der Waals surface area contributed by atoms with Crippen LogP contribution in [0.2, 0.25) is 0 Å². The molecular formula is C21H21N3O5S. The second kappa shape index (κ2) is 8.37. The molecule has 1 aromatic carbocycles. The Morgan fingerprint density at radius 2 is 2.13 bits per heavy atom. The Hall–Kier alpha value is -3.04. The summed E-state index contributed by atoms with van der Waals surface area (Å²) in [6.45, 7) is 4.36. The first-order valence-electron chi connectivity index (χ1n) is 9.63. The molecule has 156 valence electrons. The van der Waals surface area contributed by atoms with Gasteiger partial charge in [-0.3, -0.25) is 14.5 Å². The van der Waals surface area contributed by atoms with E-state index >= 15 is 0 Å². The summed E-state index contributed by atoms with van der Waals surface area (Å²) in [5.41, 5.74) is 1.14. The molecule has 9 heteroatoms. The third-order valence-corrected chi connectivity index (χ3v) is 6.07. The Balaban J connectivity index is 1.54. The first kappa shape index (κ1) is 20.2. The zero-order chi connectivity index (χ0) is 21.3. The molecule has 1 aliphatic heterocycles. The van der Waals surface area contributed by atoms with Crippen molar-refractivity contribution in [2.75, 3.05) is 23.4 Å². The lowest BCUT2D eigenvalue weighted by molar-refractivity contribution is -0.116. The summed E-state index contributed by atoms with van der Waals surface area (Å²) in [5.74, 6) is -0.448. The van der Waals surface area contributed by atoms with Crippen molar-refractivity contribution >= 4 is 44.9 Å². The largest absolute Gasteiger partial charge is 0.423 e. The van der Waals surface area contributed by atoms with Crippen molar-refractivity contribution in [2.45, 2.75) is 32.8 Å². The van der Waals surface area contributed by atoms with Crippen molar-refractivity contribution in [3.63, 3.8) is 0 Å². The van der Waals surface area contributed by atoms with Gasteiger partial charge in [0.05, 0.1) is 18.3 Å². The Morgan fingerprint density at radius 1 is 1.30 bits per heavy atom. The highest BCUT2D eigenvalue weighted by molar-refractivity contribution is 7.17. The molecule has 1 saturated heterocycles. The number of hydrogen-bond acceptors (Lipinski definition) is 7. The fraction of sp³-hybridized carbons (Fsp3) is 0.333. The first-order chi connectivity index (χ1) is 14.4. The average molecular weight is 427 g/mol. The van der Waals surface area contributed by atoms with Crippen LogP contribution in [0.4, 0.5) is 10.8 Å². The van der Waals surface area contributed by atoms with Crippen LogP contribution in [0.5, 0.6) is 0 Å². The highest BCUT2D eigenvalue weighted by Gasteiger charge is 2.26. The van der Waals surface area contributed by atoms with Gasteiger partial charge in [-0.1, -0.05) is 11.3 Å². The zero-order valence-corrected chi connectivity index (χ0v) is 17.5. The molecule has 0 radical (unpaired) electrons. The molecule has 2 amide bonds. The van der Waals surface area contributed by atoms with Gasteiger partial charge >= 0.3 is 5.63 Å². The number of carbonyl (C=O) groups excluding carboxylic acids is 2. The number of amides is 2. The van der Waals surface area contributed by atoms with Gasteiger partial charge in [-0.15, -0.1) is 0 Å². The number of ether oxygens (including phenoxy) is 1. The molecule has 30 heavy (non-hydrogen) atoms. The number of aryl methyl sites for hydroxylation is 1. The van der Waals surface area contributed by atoms with Crippen LogP contribution in [0.1, 0.15) is 35.1 Å². The molecule has 8 nitrogen and oxygen atoms in total. The average Bonchev–Trinajstić information content (AvgIpc) is 3.35. The van der Waals surface area contributed by atoms with Gasteiger partial charge in [-0.05, 0) is 44.0 Å². The second-order valence-electron chi connectivity index (χ2n) is 7.14. The van der Waals surface area contributed by atoms with Crippen molar-refractivity contribution in [3.05, 3.63) is 51.3 Å². The second-order valence-corrected chi connectivity index (χ2v) is 8.11. The summed E-state index contributed by atoms with van der Waals surface area (Å²) in [7, 11) is 0. The van der Waals surface area contributed by atoms with Crippen molar-refractivity contribution in [1.29, 1.82) is 0 Å². The predicted octanol–water partition coefficient (Wildman–Crippen LogP) is 3.34. The number of hydrogen-bond donors (Lipinski definition) is 1. The summed E-state index contributed by atoms with van der Waals surface area (Å²) >= 11 is 1.18. The van der Waals surface area contributed by atoms with Gasteiger partial charge in [0.2, 0.25) is 5.91 Å². The number of fused-ring (bicyclic) bond motifs is 1. The minimum Gasteiger partial charge on any atom is -0.423 e. The molecule has 0 bridgehead atoms. The van der Waals surface area contributed by atoms with Gasteiger partial charge in [-0.25, -0.2) is 9.78 Å². The minimum atomic E-state index is -0.426. The standard InChI is InChI=1S/C21H21N3O5S/c1-12-19(30-21(22-12)24(13(2)25)11-16-4-3-9-28-16)20(27)23-15-6-7-17-14(10-15)5-8-18(26)29-17/h5-8,10,16H,3-4,9,11H2,1-2H3,(H,23,27)/t16-/m0/s1. The van der Waals surface area contributed by atoms with Crippen LogP contribution in [-0.2, 0) is 9.53 Å². The van der Waals surface area contributed by atoms with Gasteiger partial charge in [0.25, 0.3) is 5.91 Å². The molecule has 2 aromatic heterocycles. The van der Waals surface area contributed by atoms with Gasteiger partial charge in [0.1, 0.15) is 10.5 Å². The van der Waals surface area contributed by atoms with E-state index < -0.39 is 5.63 Å². The molecule has 1 aliphatic rings. The zero-order valence-electron chi connectivity index (χ0n) is 16.6. The monoisotopic (exact) mass is 427 g/mol. The molecule has 3 heterocycles. The van der Waals surface area contributed by atoms with Gasteiger partial charge in [0.15, 0.2) is 5.13 Å². The fourth-order valence-corrected chi connectivity index (χ4v) is 4.39. The highest BCUT2D eigenvalue weighted by atomic mass is 32.1. The molecule has 1 fully saturated rings. The van der Waals surface area contributed by atoms with Crippen LogP contribution in [0.3, 0.4) is 0 Å². The number of benzene rings is 1. The lowest BCUT2D eigenvalue weighted by Gasteiger charge is -2.21. The van der Waals surface area contributed by atoms with E-state index in [0.717, 1.165) is 12.8 Å². The number of nitrogens with zero attached hydrogens (tertiary/aromatic N) is 2. The van der Waals surface area contributed by atoms with Crippen molar-refractivity contribution < 1.29 is 18.7 Å². The number of carbonyl (C=O) groups is 2. The summed E-state index contributed by atoms with van der Waals surface area (Å²) in [6, 6.07) is 8.00. The molecule has 0 unspecified atom stereocenters. The summed E-state index contributed by atoms with van der Waals surface area (Å²) in [6.07, 6.45) is 1.88. The van der Waals surface area contributed by atoms with Crippen molar-refractivity contribution in [1.82, 2.24) is 4.98 Å². The molecule has 0 spiro atoms. The third-order valence-electron chi connectivity index (χ3n) is 4.89. The lowest BCUT2D eigenvalue weighted by Crippen LogP contribution is -2.35. The van der Waals surface area contributed by atoms with E-state index in [1.807, 2.05) is 0 Å². The molecule has 0 aliphatic carbocycles. The number of rotatable bonds is 5. The lowest BCUT2D eigenvalue weighted by atomic mass is 10.2. The van der Waals surface area contributed by atoms with Crippen LogP contribution < -0.4 is 15.8 Å². The quantitative estimate of drug-likeness (QED) is 0.627. The van der Waals surface area contributed by atoms with Gasteiger partial charge in [-0.2, -0.15) is 0 Å². The van der Waals surface area contributed by atoms with Crippen LogP contribution >= 0.6 is 11.3 Å². The van der Waals surface area contributed by atoms with Crippen molar-refractivity contribution in [2.24, 2.45) is 0 Å². The maximum atomic E-state index is 12.8. The molecule has 0 saturated carbocycles. The van der Waals surface area contributed by atoms with Gasteiger partial charge in [0, 0.05) is 30.7 Å². The number of aromatic nitrogens is 1. The van der Waals surface area contributed by atoms with E-state index in [-0.39, 0.29) is 17.9 Å². The van der Waals surface area contributed by atoms with Crippen LogP contribution in [0.25, 0.3) is 11.0 Å². The molecule has 4 rings (SSSR count). The topological polar surface area (TPSA) is 102 Å². The van der Waals surface area contributed by atoms with Crippen molar-refractivity contribution in [3.8, 4) is 0 Å². The van der Waals surface area contributed by atoms with E-state index in [2.05, 4.69) is 10.3 Å². The SMILES string of the molecule is CC(=O)N(C[C@@H]1CCCO1)c1nc(C)c(C(=O)Nc2ccc3oc(=O)ccc3c2)s1. The normalized spacial score (nSPS) is 16.0. The third kappa shape index (κ3) is 4.27.